The van der Waals surface area contributed by atoms with Crippen molar-refractivity contribution in [1.82, 2.24) is 15.8 Å². The van der Waals surface area contributed by atoms with E-state index in [1.807, 2.05) is 74.5 Å². The van der Waals surface area contributed by atoms with Gasteiger partial charge in [-0.2, -0.15) is 0 Å². The summed E-state index contributed by atoms with van der Waals surface area (Å²) in [4.78, 5) is 17.1. The minimum atomic E-state index is -0.188. The van der Waals surface area contributed by atoms with Crippen LogP contribution in [0.15, 0.2) is 66.7 Å². The first-order valence-electron chi connectivity index (χ1n) is 7.83. The standard InChI is InChI=1S/C20H19N3O/c1-3-18(15-9-5-4-6-10-15)22-23-20(24)17-13-14(2)21-19-12-8-7-11-16(17)19/h3-13,22H,1-2H3,(H,23,24). The van der Waals surface area contributed by atoms with Gasteiger partial charge < -0.3 is 0 Å². The summed E-state index contributed by atoms with van der Waals surface area (Å²) in [5, 5.41) is 0.837. The lowest BCUT2D eigenvalue weighted by Crippen LogP contribution is -2.36. The number of nitrogens with one attached hydrogen (secondary N) is 2. The second-order valence-electron chi connectivity index (χ2n) is 5.48. The molecule has 120 valence electrons. The topological polar surface area (TPSA) is 54.0 Å². The van der Waals surface area contributed by atoms with Gasteiger partial charge in [-0.25, -0.2) is 0 Å². The molecule has 1 aromatic heterocycles. The Kier molecular flexibility index (Phi) is 4.57. The summed E-state index contributed by atoms with van der Waals surface area (Å²) in [6.45, 7) is 3.81. The lowest BCUT2D eigenvalue weighted by Gasteiger charge is -2.13. The molecule has 0 aliphatic rings. The second kappa shape index (κ2) is 6.96. The molecule has 0 spiro atoms. The maximum Gasteiger partial charge on any atom is 0.270 e. The number of hydrogen-bond donors (Lipinski definition) is 2. The highest BCUT2D eigenvalue weighted by Crippen LogP contribution is 2.18. The highest BCUT2D eigenvalue weighted by atomic mass is 16.2. The number of rotatable bonds is 4. The number of carbonyl (C=O) groups excluding carboxylic acids is 1. The summed E-state index contributed by atoms with van der Waals surface area (Å²) in [6, 6.07) is 19.3. The molecule has 0 unspecified atom stereocenters. The molecule has 2 N–H and O–H groups in total. The van der Waals surface area contributed by atoms with Gasteiger partial charge in [0.25, 0.3) is 5.91 Å². The largest absolute Gasteiger partial charge is 0.298 e. The van der Waals surface area contributed by atoms with Gasteiger partial charge in [-0.15, -0.1) is 0 Å². The molecule has 2 aromatic carbocycles. The zero-order chi connectivity index (χ0) is 16.9. The second-order valence-corrected chi connectivity index (χ2v) is 5.48. The molecule has 0 atom stereocenters. The molecule has 3 rings (SSSR count). The number of benzene rings is 2. The number of aryl methyl sites for hydroxylation is 1. The van der Waals surface area contributed by atoms with Crippen LogP contribution in [0.25, 0.3) is 16.6 Å². The van der Waals surface area contributed by atoms with E-state index in [0.29, 0.717) is 5.56 Å². The van der Waals surface area contributed by atoms with Crippen molar-refractivity contribution in [2.75, 3.05) is 0 Å². The Balaban J connectivity index is 1.83. The van der Waals surface area contributed by atoms with Crippen LogP contribution in [0.3, 0.4) is 0 Å². The van der Waals surface area contributed by atoms with Gasteiger partial charge in [-0.05, 0) is 31.5 Å². The number of fused-ring (bicyclic) bond motifs is 1. The zero-order valence-electron chi connectivity index (χ0n) is 13.7. The zero-order valence-corrected chi connectivity index (χ0v) is 13.7. The van der Waals surface area contributed by atoms with Gasteiger partial charge in [0.1, 0.15) is 0 Å². The van der Waals surface area contributed by atoms with E-state index in [0.717, 1.165) is 27.9 Å². The summed E-state index contributed by atoms with van der Waals surface area (Å²) in [6.07, 6.45) is 1.92. The first kappa shape index (κ1) is 15.7. The van der Waals surface area contributed by atoms with Gasteiger partial charge in [0.05, 0.1) is 16.8 Å². The van der Waals surface area contributed by atoms with E-state index in [2.05, 4.69) is 15.8 Å². The quantitative estimate of drug-likeness (QED) is 0.719. The van der Waals surface area contributed by atoms with Gasteiger partial charge in [0.15, 0.2) is 0 Å². The lowest BCUT2D eigenvalue weighted by atomic mass is 10.1. The molecule has 0 saturated heterocycles. The Morgan fingerprint density at radius 3 is 2.46 bits per heavy atom. The minimum Gasteiger partial charge on any atom is -0.298 e. The highest BCUT2D eigenvalue weighted by molar-refractivity contribution is 6.06. The summed E-state index contributed by atoms with van der Waals surface area (Å²) < 4.78 is 0. The van der Waals surface area contributed by atoms with Crippen LogP contribution < -0.4 is 10.9 Å². The SMILES string of the molecule is CC=C(NNC(=O)c1cc(C)nc2ccccc12)c1ccccc1. The van der Waals surface area contributed by atoms with Crippen LogP contribution >= 0.6 is 0 Å². The van der Waals surface area contributed by atoms with Crippen molar-refractivity contribution in [2.45, 2.75) is 13.8 Å². The minimum absolute atomic E-state index is 0.188. The van der Waals surface area contributed by atoms with Crippen molar-refractivity contribution >= 4 is 22.5 Å². The number of para-hydroxylation sites is 1. The van der Waals surface area contributed by atoms with Gasteiger partial charge in [-0.1, -0.05) is 54.6 Å². The molecule has 24 heavy (non-hydrogen) atoms. The highest BCUT2D eigenvalue weighted by Gasteiger charge is 2.12. The van der Waals surface area contributed by atoms with E-state index in [9.17, 15) is 4.79 Å². The van der Waals surface area contributed by atoms with Gasteiger partial charge in [0, 0.05) is 11.1 Å². The number of allylic oxidation sites excluding steroid dienone is 1. The number of hydrogen-bond acceptors (Lipinski definition) is 3. The van der Waals surface area contributed by atoms with Crippen molar-refractivity contribution in [3.8, 4) is 0 Å². The van der Waals surface area contributed by atoms with E-state index in [4.69, 9.17) is 0 Å². The van der Waals surface area contributed by atoms with Gasteiger partial charge in [-0.3, -0.25) is 20.6 Å². The number of carbonyl (C=O) groups is 1. The maximum absolute atomic E-state index is 12.6. The Bertz CT molecular complexity index is 901. The first-order valence-corrected chi connectivity index (χ1v) is 7.83. The lowest BCUT2D eigenvalue weighted by molar-refractivity contribution is 0.0944. The fourth-order valence-corrected chi connectivity index (χ4v) is 2.62. The molecule has 4 nitrogen and oxygen atoms in total. The Labute approximate surface area is 141 Å². The molecule has 0 bridgehead atoms. The number of pyridine rings is 1. The van der Waals surface area contributed by atoms with E-state index in [1.54, 1.807) is 6.07 Å². The Hall–Kier alpha value is -3.14. The van der Waals surface area contributed by atoms with E-state index >= 15 is 0 Å². The van der Waals surface area contributed by atoms with Crippen molar-refractivity contribution in [1.29, 1.82) is 0 Å². The normalized spacial score (nSPS) is 11.3. The van der Waals surface area contributed by atoms with Gasteiger partial charge >= 0.3 is 0 Å². The smallest absolute Gasteiger partial charge is 0.270 e. The van der Waals surface area contributed by atoms with E-state index < -0.39 is 0 Å². The third-order valence-corrected chi connectivity index (χ3v) is 3.77. The van der Waals surface area contributed by atoms with Crippen molar-refractivity contribution in [2.24, 2.45) is 0 Å². The van der Waals surface area contributed by atoms with Crippen LogP contribution in [-0.4, -0.2) is 10.9 Å². The van der Waals surface area contributed by atoms with Crippen LogP contribution in [0.1, 0.15) is 28.5 Å². The third-order valence-electron chi connectivity index (χ3n) is 3.77. The van der Waals surface area contributed by atoms with Crippen LogP contribution in [0.2, 0.25) is 0 Å². The monoisotopic (exact) mass is 317 g/mol. The van der Waals surface area contributed by atoms with Crippen molar-refractivity contribution in [3.63, 3.8) is 0 Å². The average Bonchev–Trinajstić information content (AvgIpc) is 2.62. The van der Waals surface area contributed by atoms with Gasteiger partial charge in [0.2, 0.25) is 0 Å². The predicted molar refractivity (Wildman–Crippen MR) is 97.2 cm³/mol. The molecule has 0 fully saturated rings. The Morgan fingerprint density at radius 1 is 1.00 bits per heavy atom. The number of amides is 1. The fraction of sp³-hybridized carbons (Fsp3) is 0.100. The molecular weight excluding hydrogens is 298 g/mol. The number of nitrogens with zero attached hydrogens (tertiary/aromatic N) is 1. The van der Waals surface area contributed by atoms with Crippen LogP contribution in [-0.2, 0) is 0 Å². The van der Waals surface area contributed by atoms with E-state index in [1.165, 1.54) is 0 Å². The molecule has 0 aliphatic heterocycles. The summed E-state index contributed by atoms with van der Waals surface area (Å²) in [5.74, 6) is -0.188. The van der Waals surface area contributed by atoms with Crippen LogP contribution in [0, 0.1) is 6.92 Å². The molecule has 0 saturated carbocycles. The molecule has 0 aliphatic carbocycles. The third kappa shape index (κ3) is 3.27. The molecule has 3 aromatic rings. The van der Waals surface area contributed by atoms with Crippen LogP contribution in [0.5, 0.6) is 0 Å². The fourth-order valence-electron chi connectivity index (χ4n) is 2.62. The molecule has 0 radical (unpaired) electrons. The molecule has 4 heteroatoms. The molecular formula is C20H19N3O. The van der Waals surface area contributed by atoms with E-state index in [-0.39, 0.29) is 5.91 Å². The van der Waals surface area contributed by atoms with Crippen LogP contribution in [0.4, 0.5) is 0 Å². The summed E-state index contributed by atoms with van der Waals surface area (Å²) >= 11 is 0. The van der Waals surface area contributed by atoms with Crippen molar-refractivity contribution < 1.29 is 4.79 Å². The molecule has 1 amide bonds. The maximum atomic E-state index is 12.6. The predicted octanol–water partition coefficient (Wildman–Crippen LogP) is 3.84. The number of hydrazine groups is 1. The molecule has 1 heterocycles. The number of aromatic nitrogens is 1. The summed E-state index contributed by atoms with van der Waals surface area (Å²) in [5.41, 5.74) is 9.88. The average molecular weight is 317 g/mol. The first-order chi connectivity index (χ1) is 11.7. The summed E-state index contributed by atoms with van der Waals surface area (Å²) in [7, 11) is 0. The Morgan fingerprint density at radius 2 is 1.71 bits per heavy atom. The van der Waals surface area contributed by atoms with Crippen molar-refractivity contribution in [3.05, 3.63) is 83.6 Å².